The fraction of sp³-hybridized carbons (Fsp3) is 0.278. The number of hydrogen-bond acceptors (Lipinski definition) is 4. The summed E-state index contributed by atoms with van der Waals surface area (Å²) in [6.07, 6.45) is 0.561. The molecule has 0 aliphatic rings. The fourth-order valence-corrected chi connectivity index (χ4v) is 2.11. The molecule has 0 spiro atoms. The van der Waals surface area contributed by atoms with Crippen molar-refractivity contribution in [1.82, 2.24) is 5.32 Å². The molecule has 0 radical (unpaired) electrons. The Hall–Kier alpha value is -2.53. The number of methoxy groups -OCH3 is 1. The van der Waals surface area contributed by atoms with Gasteiger partial charge in [-0.05, 0) is 48.4 Å². The van der Waals surface area contributed by atoms with Crippen molar-refractivity contribution in [2.24, 2.45) is 0 Å². The number of hydrogen-bond donors (Lipinski definition) is 3. The zero-order valence-corrected chi connectivity index (χ0v) is 13.2. The van der Waals surface area contributed by atoms with Crippen molar-refractivity contribution in [3.8, 4) is 5.75 Å². The van der Waals surface area contributed by atoms with Crippen LogP contribution < -0.4 is 15.4 Å². The monoisotopic (exact) mass is 314 g/mol. The molecule has 0 heterocycles. The lowest BCUT2D eigenvalue weighted by molar-refractivity contribution is 0.0951. The lowest BCUT2D eigenvalue weighted by atomic mass is 10.1. The van der Waals surface area contributed by atoms with Gasteiger partial charge in [0.1, 0.15) is 5.75 Å². The number of ether oxygens (including phenoxy) is 1. The first-order valence-electron chi connectivity index (χ1n) is 7.59. The normalized spacial score (nSPS) is 10.2. The largest absolute Gasteiger partial charge is 0.497 e. The summed E-state index contributed by atoms with van der Waals surface area (Å²) in [6.45, 7) is 1.23. The first-order chi connectivity index (χ1) is 11.2. The Morgan fingerprint density at radius 2 is 1.96 bits per heavy atom. The van der Waals surface area contributed by atoms with Crippen LogP contribution >= 0.6 is 0 Å². The molecule has 122 valence electrons. The van der Waals surface area contributed by atoms with E-state index in [4.69, 9.17) is 9.84 Å². The molecule has 1 amide bonds. The van der Waals surface area contributed by atoms with Crippen LogP contribution in [0, 0.1) is 0 Å². The van der Waals surface area contributed by atoms with E-state index >= 15 is 0 Å². The molecule has 0 aliphatic carbocycles. The van der Waals surface area contributed by atoms with Crippen LogP contribution in [0.3, 0.4) is 0 Å². The minimum atomic E-state index is -0.127. The van der Waals surface area contributed by atoms with Gasteiger partial charge in [0.15, 0.2) is 0 Å². The number of carbonyl (C=O) groups excluding carboxylic acids is 1. The van der Waals surface area contributed by atoms with Gasteiger partial charge in [0, 0.05) is 30.9 Å². The maximum atomic E-state index is 11.9. The third kappa shape index (κ3) is 5.30. The zero-order valence-electron chi connectivity index (χ0n) is 13.2. The molecule has 0 atom stereocenters. The van der Waals surface area contributed by atoms with Gasteiger partial charge in [0.2, 0.25) is 0 Å². The van der Waals surface area contributed by atoms with Crippen molar-refractivity contribution in [2.45, 2.75) is 13.0 Å². The highest BCUT2D eigenvalue weighted by atomic mass is 16.5. The summed E-state index contributed by atoms with van der Waals surface area (Å²) in [7, 11) is 1.65. The summed E-state index contributed by atoms with van der Waals surface area (Å²) in [5.74, 6) is 0.706. The molecule has 23 heavy (non-hydrogen) atoms. The summed E-state index contributed by atoms with van der Waals surface area (Å²) in [5, 5.41) is 14.8. The van der Waals surface area contributed by atoms with E-state index in [0.29, 0.717) is 25.1 Å². The van der Waals surface area contributed by atoms with Crippen LogP contribution in [0.1, 0.15) is 22.3 Å². The minimum Gasteiger partial charge on any atom is -0.497 e. The Bertz CT molecular complexity index is 626. The molecule has 0 unspecified atom stereocenters. The zero-order chi connectivity index (χ0) is 16.5. The average Bonchev–Trinajstić information content (AvgIpc) is 2.60. The molecular formula is C18H22N2O3. The predicted molar refractivity (Wildman–Crippen MR) is 90.8 cm³/mol. The third-order valence-corrected chi connectivity index (χ3v) is 3.40. The van der Waals surface area contributed by atoms with Crippen LogP contribution in [-0.4, -0.2) is 31.3 Å². The van der Waals surface area contributed by atoms with Crippen LogP contribution in [0.4, 0.5) is 5.69 Å². The Labute approximate surface area is 136 Å². The molecule has 2 aromatic carbocycles. The van der Waals surface area contributed by atoms with E-state index < -0.39 is 0 Å². The van der Waals surface area contributed by atoms with Crippen molar-refractivity contribution in [3.05, 3.63) is 59.7 Å². The Morgan fingerprint density at radius 3 is 2.65 bits per heavy atom. The number of benzene rings is 2. The second-order valence-electron chi connectivity index (χ2n) is 5.12. The number of rotatable bonds is 8. The van der Waals surface area contributed by atoms with Crippen molar-refractivity contribution < 1.29 is 14.6 Å². The first kappa shape index (κ1) is 16.8. The van der Waals surface area contributed by atoms with E-state index in [-0.39, 0.29) is 12.5 Å². The molecule has 0 saturated heterocycles. The second kappa shape index (κ2) is 8.80. The van der Waals surface area contributed by atoms with Crippen LogP contribution in [0.15, 0.2) is 48.5 Å². The number of aliphatic hydroxyl groups is 1. The van der Waals surface area contributed by atoms with E-state index in [1.165, 1.54) is 0 Å². The van der Waals surface area contributed by atoms with Crippen LogP contribution in [0.25, 0.3) is 0 Å². The van der Waals surface area contributed by atoms with E-state index in [9.17, 15) is 4.79 Å². The van der Waals surface area contributed by atoms with E-state index in [1.807, 2.05) is 36.4 Å². The van der Waals surface area contributed by atoms with Gasteiger partial charge in [-0.1, -0.05) is 12.1 Å². The SMILES string of the molecule is COc1cccc(CNc2ccc(C(=O)NCCCO)cc2)c1. The second-order valence-corrected chi connectivity index (χ2v) is 5.12. The summed E-state index contributed by atoms with van der Waals surface area (Å²) in [5.41, 5.74) is 2.67. The molecular weight excluding hydrogens is 292 g/mol. The van der Waals surface area contributed by atoms with Gasteiger partial charge in [-0.3, -0.25) is 4.79 Å². The number of anilines is 1. The van der Waals surface area contributed by atoms with Gasteiger partial charge < -0.3 is 20.5 Å². The average molecular weight is 314 g/mol. The van der Waals surface area contributed by atoms with Gasteiger partial charge in [-0.25, -0.2) is 0 Å². The Balaban J connectivity index is 1.88. The molecule has 2 rings (SSSR count). The highest BCUT2D eigenvalue weighted by Crippen LogP contribution is 2.15. The Morgan fingerprint density at radius 1 is 1.17 bits per heavy atom. The summed E-state index contributed by atoms with van der Waals surface area (Å²) < 4.78 is 5.20. The third-order valence-electron chi connectivity index (χ3n) is 3.40. The number of aliphatic hydroxyl groups excluding tert-OH is 1. The van der Waals surface area contributed by atoms with Gasteiger partial charge >= 0.3 is 0 Å². The van der Waals surface area contributed by atoms with Crippen molar-refractivity contribution in [3.63, 3.8) is 0 Å². The highest BCUT2D eigenvalue weighted by molar-refractivity contribution is 5.94. The molecule has 5 nitrogen and oxygen atoms in total. The quantitative estimate of drug-likeness (QED) is 0.655. The van der Waals surface area contributed by atoms with Crippen molar-refractivity contribution in [1.29, 1.82) is 0 Å². The molecule has 0 fully saturated rings. The smallest absolute Gasteiger partial charge is 0.251 e. The fourth-order valence-electron chi connectivity index (χ4n) is 2.11. The molecule has 0 saturated carbocycles. The predicted octanol–water partition coefficient (Wildman–Crippen LogP) is 2.42. The first-order valence-corrected chi connectivity index (χ1v) is 7.59. The van der Waals surface area contributed by atoms with E-state index in [2.05, 4.69) is 10.6 Å². The van der Waals surface area contributed by atoms with Crippen LogP contribution in [0.5, 0.6) is 5.75 Å². The van der Waals surface area contributed by atoms with Gasteiger partial charge in [0.25, 0.3) is 5.91 Å². The molecule has 5 heteroatoms. The van der Waals surface area contributed by atoms with Crippen molar-refractivity contribution in [2.75, 3.05) is 25.6 Å². The van der Waals surface area contributed by atoms with Gasteiger partial charge in [-0.15, -0.1) is 0 Å². The summed E-state index contributed by atoms with van der Waals surface area (Å²) in [6, 6.07) is 15.2. The topological polar surface area (TPSA) is 70.6 Å². The molecule has 2 aromatic rings. The minimum absolute atomic E-state index is 0.0768. The van der Waals surface area contributed by atoms with E-state index in [1.54, 1.807) is 19.2 Å². The molecule has 3 N–H and O–H groups in total. The lowest BCUT2D eigenvalue weighted by Crippen LogP contribution is -2.24. The van der Waals surface area contributed by atoms with Gasteiger partial charge in [-0.2, -0.15) is 0 Å². The molecule has 0 aliphatic heterocycles. The lowest BCUT2D eigenvalue weighted by Gasteiger charge is -2.09. The number of amides is 1. The Kier molecular flexibility index (Phi) is 6.44. The van der Waals surface area contributed by atoms with Crippen LogP contribution in [0.2, 0.25) is 0 Å². The van der Waals surface area contributed by atoms with Gasteiger partial charge in [0.05, 0.1) is 7.11 Å². The highest BCUT2D eigenvalue weighted by Gasteiger charge is 2.04. The number of nitrogens with one attached hydrogen (secondary N) is 2. The number of carbonyl (C=O) groups is 1. The van der Waals surface area contributed by atoms with Crippen molar-refractivity contribution >= 4 is 11.6 Å². The van der Waals surface area contributed by atoms with E-state index in [0.717, 1.165) is 17.0 Å². The standard InChI is InChI=1S/C18H22N2O3/c1-23-17-5-2-4-14(12-17)13-20-16-8-6-15(7-9-16)18(22)19-10-3-11-21/h2,4-9,12,20-21H,3,10-11,13H2,1H3,(H,19,22). The van der Waals surface area contributed by atoms with Crippen LogP contribution in [-0.2, 0) is 6.54 Å². The maximum Gasteiger partial charge on any atom is 0.251 e. The summed E-state index contributed by atoms with van der Waals surface area (Å²) >= 11 is 0. The maximum absolute atomic E-state index is 11.9. The molecule has 0 bridgehead atoms. The summed E-state index contributed by atoms with van der Waals surface area (Å²) in [4.78, 5) is 11.9. The molecule has 0 aromatic heterocycles.